The summed E-state index contributed by atoms with van der Waals surface area (Å²) in [5.74, 6) is 0. The van der Waals surface area contributed by atoms with Crippen LogP contribution in [0.15, 0.2) is 0 Å². The van der Waals surface area contributed by atoms with Gasteiger partial charge in [0.1, 0.15) is 5.67 Å². The van der Waals surface area contributed by atoms with Crippen molar-refractivity contribution in [3.63, 3.8) is 0 Å². The Morgan fingerprint density at radius 3 is 2.43 bits per heavy atom. The van der Waals surface area contributed by atoms with Crippen molar-refractivity contribution in [3.8, 4) is 0 Å². The third-order valence-corrected chi connectivity index (χ3v) is 3.52. The van der Waals surface area contributed by atoms with E-state index in [9.17, 15) is 4.39 Å². The van der Waals surface area contributed by atoms with Crippen LogP contribution in [0.2, 0.25) is 0 Å². The van der Waals surface area contributed by atoms with Gasteiger partial charge in [-0.25, -0.2) is 4.39 Å². The lowest BCUT2D eigenvalue weighted by molar-refractivity contribution is 0.0366. The van der Waals surface area contributed by atoms with E-state index in [-0.39, 0.29) is 12.4 Å². The van der Waals surface area contributed by atoms with Gasteiger partial charge in [-0.05, 0) is 39.2 Å². The van der Waals surface area contributed by atoms with Crippen LogP contribution in [-0.2, 0) is 0 Å². The number of hydrogen-bond acceptors (Lipinski definition) is 1. The van der Waals surface area contributed by atoms with E-state index in [1.165, 1.54) is 25.7 Å². The Bertz CT molecular complexity index is 178. The molecule has 1 saturated heterocycles. The second-order valence-electron chi connectivity index (χ2n) is 4.93. The molecule has 1 aliphatic carbocycles. The lowest BCUT2D eigenvalue weighted by atomic mass is 9.95. The van der Waals surface area contributed by atoms with Gasteiger partial charge < -0.3 is 0 Å². The highest BCUT2D eigenvalue weighted by Crippen LogP contribution is 2.31. The highest BCUT2D eigenvalue weighted by atomic mass is 35.5. The summed E-state index contributed by atoms with van der Waals surface area (Å²) in [5, 5.41) is 0. The van der Waals surface area contributed by atoms with Gasteiger partial charge in [0, 0.05) is 12.6 Å². The van der Waals surface area contributed by atoms with E-state index >= 15 is 0 Å². The Kier molecular flexibility index (Phi) is 4.20. The van der Waals surface area contributed by atoms with E-state index < -0.39 is 5.67 Å². The zero-order valence-electron chi connectivity index (χ0n) is 8.97. The molecular weight excluding hydrogens is 201 g/mol. The van der Waals surface area contributed by atoms with E-state index in [4.69, 9.17) is 0 Å². The summed E-state index contributed by atoms with van der Waals surface area (Å²) in [6.07, 6.45) is 7.11. The molecule has 1 nitrogen and oxygen atoms in total. The van der Waals surface area contributed by atoms with Gasteiger partial charge in [-0.2, -0.15) is 0 Å². The number of likely N-dealkylation sites (tertiary alicyclic amines) is 1. The molecule has 0 N–H and O–H groups in total. The molecule has 0 aromatic carbocycles. The average Bonchev–Trinajstić information content (AvgIpc) is 2.53. The Balaban J connectivity index is 0.000000980. The molecule has 0 aromatic heterocycles. The van der Waals surface area contributed by atoms with E-state index in [0.717, 1.165) is 19.4 Å². The molecule has 0 spiro atoms. The molecule has 3 heteroatoms. The number of rotatable bonds is 1. The molecule has 0 bridgehead atoms. The number of alkyl halides is 1. The van der Waals surface area contributed by atoms with Crippen LogP contribution in [0.3, 0.4) is 0 Å². The molecule has 0 amide bonds. The topological polar surface area (TPSA) is 3.24 Å². The Labute approximate surface area is 92.5 Å². The normalized spacial score (nSPS) is 35.6. The average molecular weight is 222 g/mol. The third kappa shape index (κ3) is 2.83. The highest BCUT2D eigenvalue weighted by Gasteiger charge is 2.34. The lowest BCUT2D eigenvalue weighted by Gasteiger charge is -2.38. The van der Waals surface area contributed by atoms with Crippen LogP contribution in [0.5, 0.6) is 0 Å². The summed E-state index contributed by atoms with van der Waals surface area (Å²) in [6.45, 7) is 3.57. The second-order valence-corrected chi connectivity index (χ2v) is 4.93. The minimum absolute atomic E-state index is 0. The fraction of sp³-hybridized carbons (Fsp3) is 1.00. The van der Waals surface area contributed by atoms with Gasteiger partial charge in [0.15, 0.2) is 0 Å². The molecule has 1 atom stereocenters. The first-order chi connectivity index (χ1) is 6.17. The fourth-order valence-corrected chi connectivity index (χ4v) is 2.81. The Hall–Kier alpha value is 0.180. The van der Waals surface area contributed by atoms with Crippen molar-refractivity contribution < 1.29 is 4.39 Å². The Morgan fingerprint density at radius 1 is 1.21 bits per heavy atom. The molecule has 1 heterocycles. The smallest absolute Gasteiger partial charge is 0.120 e. The molecule has 0 radical (unpaired) electrons. The maximum atomic E-state index is 13.7. The zero-order chi connectivity index (χ0) is 9.31. The second kappa shape index (κ2) is 4.80. The first-order valence-corrected chi connectivity index (χ1v) is 5.60. The van der Waals surface area contributed by atoms with Crippen LogP contribution < -0.4 is 0 Å². The van der Waals surface area contributed by atoms with Crippen LogP contribution >= 0.6 is 12.4 Å². The SMILES string of the molecule is CC1(F)CCCN(C2CCCC2)C1.Cl. The number of nitrogens with zero attached hydrogens (tertiary/aromatic N) is 1. The van der Waals surface area contributed by atoms with Gasteiger partial charge in [0.2, 0.25) is 0 Å². The van der Waals surface area contributed by atoms with Crippen molar-refractivity contribution >= 4 is 12.4 Å². The van der Waals surface area contributed by atoms with Crippen molar-refractivity contribution in [2.75, 3.05) is 13.1 Å². The molecule has 2 fully saturated rings. The largest absolute Gasteiger partial charge is 0.297 e. The van der Waals surface area contributed by atoms with Crippen LogP contribution in [0.1, 0.15) is 45.4 Å². The number of hydrogen-bond donors (Lipinski definition) is 0. The molecule has 0 aromatic rings. The first kappa shape index (κ1) is 12.3. The van der Waals surface area contributed by atoms with Crippen molar-refractivity contribution in [2.45, 2.75) is 57.2 Å². The number of piperidine rings is 1. The minimum Gasteiger partial charge on any atom is -0.297 e. The quantitative estimate of drug-likeness (QED) is 0.658. The summed E-state index contributed by atoms with van der Waals surface area (Å²) in [6, 6.07) is 0.704. The molecule has 84 valence electrons. The van der Waals surface area contributed by atoms with Gasteiger partial charge in [-0.3, -0.25) is 4.90 Å². The van der Waals surface area contributed by atoms with Gasteiger partial charge in [0.25, 0.3) is 0 Å². The first-order valence-electron chi connectivity index (χ1n) is 5.60. The molecule has 1 aliphatic heterocycles. The molecule has 1 saturated carbocycles. The van der Waals surface area contributed by atoms with E-state index in [0.29, 0.717) is 12.6 Å². The lowest BCUT2D eigenvalue weighted by Crippen LogP contribution is -2.47. The van der Waals surface area contributed by atoms with Gasteiger partial charge >= 0.3 is 0 Å². The molecular formula is C11H21ClFN. The van der Waals surface area contributed by atoms with Crippen LogP contribution in [0, 0.1) is 0 Å². The molecule has 14 heavy (non-hydrogen) atoms. The Morgan fingerprint density at radius 2 is 1.86 bits per heavy atom. The van der Waals surface area contributed by atoms with Crippen molar-refractivity contribution in [2.24, 2.45) is 0 Å². The summed E-state index contributed by atoms with van der Waals surface area (Å²) in [5.41, 5.74) is -0.916. The van der Waals surface area contributed by atoms with E-state index in [1.54, 1.807) is 6.92 Å². The highest BCUT2D eigenvalue weighted by molar-refractivity contribution is 5.85. The van der Waals surface area contributed by atoms with Crippen LogP contribution in [-0.4, -0.2) is 29.7 Å². The van der Waals surface area contributed by atoms with Crippen molar-refractivity contribution in [3.05, 3.63) is 0 Å². The van der Waals surface area contributed by atoms with Crippen LogP contribution in [0.25, 0.3) is 0 Å². The van der Waals surface area contributed by atoms with Crippen LogP contribution in [0.4, 0.5) is 4.39 Å². The summed E-state index contributed by atoms with van der Waals surface area (Å²) < 4.78 is 13.7. The predicted molar refractivity (Wildman–Crippen MR) is 59.8 cm³/mol. The fourth-order valence-electron chi connectivity index (χ4n) is 2.81. The third-order valence-electron chi connectivity index (χ3n) is 3.52. The van der Waals surface area contributed by atoms with Gasteiger partial charge in [-0.1, -0.05) is 12.8 Å². The summed E-state index contributed by atoms with van der Waals surface area (Å²) >= 11 is 0. The maximum Gasteiger partial charge on any atom is 0.120 e. The van der Waals surface area contributed by atoms with Crippen molar-refractivity contribution in [1.29, 1.82) is 0 Å². The predicted octanol–water partition coefficient (Wildman–Crippen LogP) is 3.17. The van der Waals surface area contributed by atoms with Gasteiger partial charge in [-0.15, -0.1) is 12.4 Å². The van der Waals surface area contributed by atoms with Gasteiger partial charge in [0.05, 0.1) is 0 Å². The monoisotopic (exact) mass is 221 g/mol. The molecule has 2 rings (SSSR count). The standard InChI is InChI=1S/C11H20FN.ClH/c1-11(12)7-4-8-13(9-11)10-5-2-3-6-10;/h10H,2-9H2,1H3;1H. The molecule has 2 aliphatic rings. The summed E-state index contributed by atoms with van der Waals surface area (Å²) in [4.78, 5) is 2.39. The van der Waals surface area contributed by atoms with E-state index in [2.05, 4.69) is 4.90 Å². The van der Waals surface area contributed by atoms with E-state index in [1.807, 2.05) is 0 Å². The molecule has 1 unspecified atom stereocenters. The minimum atomic E-state index is -0.916. The number of halogens is 2. The zero-order valence-corrected chi connectivity index (χ0v) is 9.78. The summed E-state index contributed by atoms with van der Waals surface area (Å²) in [7, 11) is 0. The maximum absolute atomic E-state index is 13.7. The van der Waals surface area contributed by atoms with Crippen molar-refractivity contribution in [1.82, 2.24) is 4.90 Å².